The van der Waals surface area contributed by atoms with Gasteiger partial charge >= 0.3 is 5.97 Å². The van der Waals surface area contributed by atoms with Crippen LogP contribution in [0, 0.1) is 95.0 Å². The summed E-state index contributed by atoms with van der Waals surface area (Å²) in [6.07, 6.45) is 2.39. The number of aliphatic hydroxyl groups excluding tert-OH is 2. The summed E-state index contributed by atoms with van der Waals surface area (Å²) in [4.78, 5) is 11.6. The molecule has 2 atom stereocenters. The predicted octanol–water partition coefficient (Wildman–Crippen LogP) is 4.24. The Hall–Kier alpha value is 0.453. The average molecular weight is 849 g/mol. The van der Waals surface area contributed by atoms with E-state index < -0.39 is 23.0 Å². The molecule has 2 aromatic rings. The molecule has 0 saturated heterocycles. The van der Waals surface area contributed by atoms with Gasteiger partial charge in [0.15, 0.2) is 0 Å². The summed E-state index contributed by atoms with van der Waals surface area (Å²) in [7, 11) is 1.37. The van der Waals surface area contributed by atoms with E-state index >= 15 is 0 Å². The normalized spacial score (nSPS) is 20.9. The van der Waals surface area contributed by atoms with Gasteiger partial charge in [0, 0.05) is 99.0 Å². The van der Waals surface area contributed by atoms with Crippen molar-refractivity contribution in [1.29, 1.82) is 0 Å². The Balaban J connectivity index is 0.00000240. The van der Waals surface area contributed by atoms with Crippen molar-refractivity contribution in [2.45, 2.75) is 57.7 Å². The molecule has 2 aromatic carbocycles. The number of rotatable bonds is 3. The van der Waals surface area contributed by atoms with Crippen molar-refractivity contribution in [3.05, 3.63) is 69.8 Å². The van der Waals surface area contributed by atoms with E-state index in [-0.39, 0.29) is 94.1 Å². The summed E-state index contributed by atoms with van der Waals surface area (Å²) in [5.41, 5.74) is 4.73. The molecular weight excluding hydrogens is 818 g/mol. The van der Waals surface area contributed by atoms with Crippen LogP contribution < -0.4 is 0 Å². The van der Waals surface area contributed by atoms with Gasteiger partial charge in [0.05, 0.1) is 24.9 Å². The fraction of sp³-hybridized carbons (Fsp3) is 0.400. The summed E-state index contributed by atoms with van der Waals surface area (Å²) >= 11 is 0. The largest absolute Gasteiger partial charge is 0.465 e. The molecule has 1 aliphatic rings. The number of aryl methyl sites for hydroxylation is 1. The van der Waals surface area contributed by atoms with Crippen LogP contribution in [0.3, 0.4) is 0 Å². The number of fused-ring (bicyclic) bond motifs is 1. The minimum atomic E-state index is -0.838. The summed E-state index contributed by atoms with van der Waals surface area (Å²) in [5, 5.41) is 21.4. The van der Waals surface area contributed by atoms with E-state index in [4.69, 9.17) is 4.74 Å². The molecule has 0 fully saturated rings. The van der Waals surface area contributed by atoms with Gasteiger partial charge in [-0.2, -0.15) is 0 Å². The second-order valence-corrected chi connectivity index (χ2v) is 9.03. The molecule has 2 N–H and O–H groups in total. The van der Waals surface area contributed by atoms with Crippen molar-refractivity contribution in [3.8, 4) is 0 Å². The molecule has 160 valence electrons. The fourth-order valence-corrected chi connectivity index (χ4v) is 4.11. The molecular formula is C25H30Ac2O4. The molecule has 31 heavy (non-hydrogen) atoms. The van der Waals surface area contributed by atoms with E-state index in [0.29, 0.717) is 5.56 Å². The van der Waals surface area contributed by atoms with E-state index in [0.717, 1.165) is 27.8 Å². The van der Waals surface area contributed by atoms with Crippen LogP contribution in [0.4, 0.5) is 0 Å². The number of hydrogen-bond acceptors (Lipinski definition) is 4. The standard InChI is InChI=1S/C25H30O4.2Ac/c1-15-13-19-20(25(4,5)22(27)21(26)24(19,2)3)14-18(15)12-9-16-7-10-17(11-8-16)23(28)29-6;;/h7-14,21-22,26-27H,1-6H3;;/b12-9+;;. The van der Waals surface area contributed by atoms with Gasteiger partial charge in [0.2, 0.25) is 0 Å². The Morgan fingerprint density at radius 1 is 0.903 bits per heavy atom. The van der Waals surface area contributed by atoms with E-state index in [2.05, 4.69) is 19.1 Å². The van der Waals surface area contributed by atoms with Crippen LogP contribution >= 0.6 is 0 Å². The monoisotopic (exact) mass is 848 g/mol. The molecule has 0 heterocycles. The van der Waals surface area contributed by atoms with Crippen LogP contribution in [0.25, 0.3) is 12.2 Å². The first-order valence-corrected chi connectivity index (χ1v) is 9.88. The fourth-order valence-electron chi connectivity index (χ4n) is 4.11. The van der Waals surface area contributed by atoms with Gasteiger partial charge in [-0.15, -0.1) is 0 Å². The third kappa shape index (κ3) is 5.75. The van der Waals surface area contributed by atoms with Crippen LogP contribution in [0.1, 0.15) is 65.9 Å². The quantitative estimate of drug-likeness (QED) is 0.359. The van der Waals surface area contributed by atoms with Crippen LogP contribution in [-0.4, -0.2) is 35.5 Å². The first-order chi connectivity index (χ1) is 13.5. The Labute approximate surface area is 257 Å². The molecule has 4 nitrogen and oxygen atoms in total. The molecule has 6 heteroatoms. The van der Waals surface area contributed by atoms with Crippen molar-refractivity contribution in [2.24, 2.45) is 0 Å². The smallest absolute Gasteiger partial charge is 0.337 e. The van der Waals surface area contributed by atoms with Gasteiger partial charge in [-0.3, -0.25) is 0 Å². The average Bonchev–Trinajstić information content (AvgIpc) is 2.70. The molecule has 0 amide bonds. The zero-order valence-electron chi connectivity index (χ0n) is 19.1. The molecule has 0 spiro atoms. The summed E-state index contributed by atoms with van der Waals surface area (Å²) < 4.78 is 4.73. The van der Waals surface area contributed by atoms with Gasteiger partial charge in [-0.05, 0) is 46.9 Å². The van der Waals surface area contributed by atoms with Crippen LogP contribution in [-0.2, 0) is 15.6 Å². The van der Waals surface area contributed by atoms with E-state index in [1.54, 1.807) is 12.1 Å². The topological polar surface area (TPSA) is 66.8 Å². The van der Waals surface area contributed by atoms with Gasteiger partial charge in [0.25, 0.3) is 0 Å². The van der Waals surface area contributed by atoms with Gasteiger partial charge in [-0.1, -0.05) is 64.1 Å². The van der Waals surface area contributed by atoms with Crippen molar-refractivity contribution < 1.29 is 108 Å². The van der Waals surface area contributed by atoms with Gasteiger partial charge in [-0.25, -0.2) is 4.79 Å². The van der Waals surface area contributed by atoms with E-state index in [1.807, 2.05) is 52.0 Å². The number of ether oxygens (including phenoxy) is 1. The van der Waals surface area contributed by atoms with Crippen molar-refractivity contribution in [2.75, 3.05) is 7.11 Å². The number of hydrogen-bond donors (Lipinski definition) is 2. The number of aliphatic hydroxyl groups is 2. The molecule has 0 aromatic heterocycles. The number of methoxy groups -OCH3 is 1. The summed E-state index contributed by atoms with van der Waals surface area (Å²) in [6.45, 7) is 9.97. The Morgan fingerprint density at radius 3 is 1.87 bits per heavy atom. The molecule has 1 aliphatic carbocycles. The first kappa shape index (κ1) is 29.5. The maximum Gasteiger partial charge on any atom is 0.337 e. The van der Waals surface area contributed by atoms with Gasteiger partial charge < -0.3 is 14.9 Å². The summed E-state index contributed by atoms with van der Waals surface area (Å²) in [5.74, 6) is -0.350. The zero-order chi connectivity index (χ0) is 21.6. The Bertz CT molecular complexity index is 962. The van der Waals surface area contributed by atoms with Gasteiger partial charge in [0.1, 0.15) is 0 Å². The third-order valence-electron chi connectivity index (χ3n) is 6.36. The molecule has 0 bridgehead atoms. The van der Waals surface area contributed by atoms with Crippen LogP contribution in [0.2, 0.25) is 0 Å². The van der Waals surface area contributed by atoms with Crippen LogP contribution in [0.15, 0.2) is 36.4 Å². The Kier molecular flexibility index (Phi) is 10.7. The minimum Gasteiger partial charge on any atom is -0.465 e. The second-order valence-electron chi connectivity index (χ2n) is 9.03. The van der Waals surface area contributed by atoms with E-state index in [1.165, 1.54) is 7.11 Å². The Morgan fingerprint density at radius 2 is 1.39 bits per heavy atom. The SMILES string of the molecule is COC(=O)c1ccc(/C=C/c2cc3c(cc2C)C(C)(C)C(O)C(O)C3(C)C)cc1.[Ac].[Ac]. The zero-order valence-corrected chi connectivity index (χ0v) is 28.6. The maximum absolute atomic E-state index is 11.6. The first-order valence-electron chi connectivity index (χ1n) is 9.88. The predicted molar refractivity (Wildman–Crippen MR) is 116 cm³/mol. The summed E-state index contributed by atoms with van der Waals surface area (Å²) in [6, 6.07) is 11.5. The number of carbonyl (C=O) groups excluding carboxylic acids is 1. The van der Waals surface area contributed by atoms with Crippen molar-refractivity contribution >= 4 is 18.1 Å². The number of carbonyl (C=O) groups is 1. The molecule has 0 saturated carbocycles. The molecule has 2 unspecified atom stereocenters. The molecule has 3 rings (SSSR count). The van der Waals surface area contributed by atoms with Crippen molar-refractivity contribution in [1.82, 2.24) is 0 Å². The third-order valence-corrected chi connectivity index (χ3v) is 6.36. The van der Waals surface area contributed by atoms with Crippen molar-refractivity contribution in [3.63, 3.8) is 0 Å². The second kappa shape index (κ2) is 11.3. The molecule has 2 radical (unpaired) electrons. The number of benzene rings is 2. The number of esters is 1. The minimum absolute atomic E-state index is 0. The molecule has 0 aliphatic heterocycles. The van der Waals surface area contributed by atoms with Crippen LogP contribution in [0.5, 0.6) is 0 Å². The van der Waals surface area contributed by atoms with E-state index in [9.17, 15) is 15.0 Å². The maximum atomic E-state index is 11.6.